The summed E-state index contributed by atoms with van der Waals surface area (Å²) in [6, 6.07) is 5.53. The molecule has 0 saturated heterocycles. The molecule has 1 fully saturated rings. The molecule has 1 saturated carbocycles. The van der Waals surface area contributed by atoms with E-state index in [4.69, 9.17) is 9.47 Å². The van der Waals surface area contributed by atoms with Gasteiger partial charge in [-0.15, -0.1) is 11.3 Å². The summed E-state index contributed by atoms with van der Waals surface area (Å²) in [5, 5.41) is 7.80. The van der Waals surface area contributed by atoms with Gasteiger partial charge in [0.25, 0.3) is 0 Å². The summed E-state index contributed by atoms with van der Waals surface area (Å²) in [7, 11) is 3.17. The number of hydrogen-bond acceptors (Lipinski definition) is 6. The van der Waals surface area contributed by atoms with Gasteiger partial charge in [0.2, 0.25) is 11.8 Å². The molecule has 0 bridgehead atoms. The Balaban J connectivity index is 1.50. The maximum Gasteiger partial charge on any atom is 0.245 e. The Morgan fingerprint density at radius 3 is 2.59 bits per heavy atom. The Kier molecular flexibility index (Phi) is 7.46. The summed E-state index contributed by atoms with van der Waals surface area (Å²) < 4.78 is 10.6. The lowest BCUT2D eigenvalue weighted by Crippen LogP contribution is -2.34. The molecular weight excluding hydrogens is 390 g/mol. The van der Waals surface area contributed by atoms with Crippen LogP contribution in [0.25, 0.3) is 11.3 Å². The van der Waals surface area contributed by atoms with E-state index in [9.17, 15) is 9.59 Å². The average Bonchev–Trinajstić information content (AvgIpc) is 3.21. The molecule has 2 aromatic rings. The van der Waals surface area contributed by atoms with Gasteiger partial charge in [-0.3, -0.25) is 9.59 Å². The van der Waals surface area contributed by atoms with Gasteiger partial charge in [0.05, 0.1) is 26.5 Å². The maximum absolute atomic E-state index is 12.1. The molecule has 3 rings (SSSR count). The van der Waals surface area contributed by atoms with Crippen molar-refractivity contribution in [1.82, 2.24) is 10.3 Å². The van der Waals surface area contributed by atoms with Crippen molar-refractivity contribution in [2.75, 3.05) is 26.1 Å². The van der Waals surface area contributed by atoms with Gasteiger partial charge in [-0.1, -0.05) is 19.3 Å². The Morgan fingerprint density at radius 1 is 1.10 bits per heavy atom. The standard InChI is InChI=1S/C21H27N3O4S/c1-27-17-9-8-15(11-18(17)28-2)16-13-29-21(23-16)24-20(26)12-22-19(25)10-14-6-4-3-5-7-14/h8-9,11,13-14H,3-7,10,12H2,1-2H3,(H,22,25)(H,23,24,26). The number of amides is 2. The number of methoxy groups -OCH3 is 2. The van der Waals surface area contributed by atoms with Crippen molar-refractivity contribution in [3.8, 4) is 22.8 Å². The molecule has 1 aromatic carbocycles. The molecular formula is C21H27N3O4S. The van der Waals surface area contributed by atoms with Gasteiger partial charge in [0.1, 0.15) is 0 Å². The van der Waals surface area contributed by atoms with Crippen LogP contribution in [0.1, 0.15) is 38.5 Å². The largest absolute Gasteiger partial charge is 0.493 e. The lowest BCUT2D eigenvalue weighted by Gasteiger charge is -2.20. The van der Waals surface area contributed by atoms with Crippen molar-refractivity contribution in [2.24, 2.45) is 5.92 Å². The molecule has 0 atom stereocenters. The molecule has 7 nitrogen and oxygen atoms in total. The molecule has 1 aliphatic carbocycles. The minimum atomic E-state index is -0.282. The van der Waals surface area contributed by atoms with Gasteiger partial charge in [-0.05, 0) is 37.0 Å². The second-order valence-corrected chi connectivity index (χ2v) is 8.00. The van der Waals surface area contributed by atoms with Gasteiger partial charge in [0, 0.05) is 17.4 Å². The third kappa shape index (κ3) is 5.93. The van der Waals surface area contributed by atoms with E-state index >= 15 is 0 Å². The maximum atomic E-state index is 12.1. The summed E-state index contributed by atoms with van der Waals surface area (Å²) in [5.41, 5.74) is 1.59. The minimum Gasteiger partial charge on any atom is -0.493 e. The topological polar surface area (TPSA) is 89.6 Å². The third-order valence-electron chi connectivity index (χ3n) is 5.07. The van der Waals surface area contributed by atoms with Crippen LogP contribution in [0.3, 0.4) is 0 Å². The van der Waals surface area contributed by atoms with E-state index in [1.54, 1.807) is 14.2 Å². The summed E-state index contributed by atoms with van der Waals surface area (Å²) >= 11 is 1.33. The summed E-state index contributed by atoms with van der Waals surface area (Å²) in [4.78, 5) is 28.6. The molecule has 1 aromatic heterocycles. The molecule has 156 valence electrons. The Hall–Kier alpha value is -2.61. The first kappa shape index (κ1) is 21.1. The second-order valence-electron chi connectivity index (χ2n) is 7.14. The first-order chi connectivity index (χ1) is 14.1. The number of nitrogens with one attached hydrogen (secondary N) is 2. The number of benzene rings is 1. The smallest absolute Gasteiger partial charge is 0.245 e. The van der Waals surface area contributed by atoms with Crippen LogP contribution in [0.4, 0.5) is 5.13 Å². The third-order valence-corrected chi connectivity index (χ3v) is 5.83. The fraction of sp³-hybridized carbons (Fsp3) is 0.476. The van der Waals surface area contributed by atoms with Gasteiger partial charge in [0.15, 0.2) is 16.6 Å². The fourth-order valence-electron chi connectivity index (χ4n) is 3.53. The molecule has 29 heavy (non-hydrogen) atoms. The number of aromatic nitrogens is 1. The van der Waals surface area contributed by atoms with Crippen LogP contribution in [0.5, 0.6) is 11.5 Å². The first-order valence-corrected chi connectivity index (χ1v) is 10.7. The zero-order valence-corrected chi connectivity index (χ0v) is 17.6. The van der Waals surface area contributed by atoms with Crippen LogP contribution < -0.4 is 20.1 Å². The molecule has 0 aliphatic heterocycles. The van der Waals surface area contributed by atoms with E-state index in [1.807, 2.05) is 23.6 Å². The van der Waals surface area contributed by atoms with Crippen molar-refractivity contribution in [3.05, 3.63) is 23.6 Å². The zero-order chi connectivity index (χ0) is 20.6. The van der Waals surface area contributed by atoms with E-state index in [0.29, 0.717) is 29.0 Å². The van der Waals surface area contributed by atoms with Gasteiger partial charge in [-0.2, -0.15) is 0 Å². The van der Waals surface area contributed by atoms with E-state index in [0.717, 1.165) is 24.1 Å². The zero-order valence-electron chi connectivity index (χ0n) is 16.8. The van der Waals surface area contributed by atoms with Crippen LogP contribution in [0.15, 0.2) is 23.6 Å². The summed E-state index contributed by atoms with van der Waals surface area (Å²) in [6.07, 6.45) is 6.39. The number of thiazole rings is 1. The van der Waals surface area contributed by atoms with Crippen molar-refractivity contribution < 1.29 is 19.1 Å². The van der Waals surface area contributed by atoms with Crippen LogP contribution in [0, 0.1) is 5.92 Å². The molecule has 1 aliphatic rings. The predicted octanol–water partition coefficient (Wildman–Crippen LogP) is 3.85. The highest BCUT2D eigenvalue weighted by molar-refractivity contribution is 7.14. The Labute approximate surface area is 174 Å². The Bertz CT molecular complexity index is 846. The van der Waals surface area contributed by atoms with Crippen molar-refractivity contribution in [3.63, 3.8) is 0 Å². The highest BCUT2D eigenvalue weighted by Crippen LogP contribution is 2.33. The number of hydrogen-bond donors (Lipinski definition) is 2. The minimum absolute atomic E-state index is 0.0448. The van der Waals surface area contributed by atoms with E-state index in [1.165, 1.54) is 30.6 Å². The SMILES string of the molecule is COc1ccc(-c2csc(NC(=O)CNC(=O)CC3CCCCC3)n2)cc1OC. The highest BCUT2D eigenvalue weighted by Gasteiger charge is 2.17. The summed E-state index contributed by atoms with van der Waals surface area (Å²) in [6.45, 7) is -0.0448. The molecule has 0 unspecified atom stereocenters. The monoisotopic (exact) mass is 417 g/mol. The van der Waals surface area contributed by atoms with Gasteiger partial charge in [-0.25, -0.2) is 4.98 Å². The molecule has 2 N–H and O–H groups in total. The normalized spacial score (nSPS) is 14.3. The highest BCUT2D eigenvalue weighted by atomic mass is 32.1. The van der Waals surface area contributed by atoms with Crippen molar-refractivity contribution in [2.45, 2.75) is 38.5 Å². The number of carbonyl (C=O) groups is 2. The molecule has 8 heteroatoms. The number of anilines is 1. The van der Waals surface area contributed by atoms with Crippen LogP contribution in [-0.2, 0) is 9.59 Å². The van der Waals surface area contributed by atoms with E-state index in [-0.39, 0.29) is 18.4 Å². The average molecular weight is 418 g/mol. The van der Waals surface area contributed by atoms with Crippen LogP contribution in [-0.4, -0.2) is 37.6 Å². The second kappa shape index (κ2) is 10.2. The lowest BCUT2D eigenvalue weighted by atomic mass is 9.87. The van der Waals surface area contributed by atoms with Crippen molar-refractivity contribution in [1.29, 1.82) is 0 Å². The molecule has 0 spiro atoms. The number of nitrogens with zero attached hydrogens (tertiary/aromatic N) is 1. The van der Waals surface area contributed by atoms with Gasteiger partial charge < -0.3 is 20.1 Å². The Morgan fingerprint density at radius 2 is 1.86 bits per heavy atom. The van der Waals surface area contributed by atoms with E-state index in [2.05, 4.69) is 15.6 Å². The fourth-order valence-corrected chi connectivity index (χ4v) is 4.26. The summed E-state index contributed by atoms with van der Waals surface area (Å²) in [5.74, 6) is 1.37. The number of rotatable bonds is 8. The first-order valence-electron chi connectivity index (χ1n) is 9.83. The molecule has 2 amide bonds. The molecule has 0 radical (unpaired) electrons. The van der Waals surface area contributed by atoms with Gasteiger partial charge >= 0.3 is 0 Å². The van der Waals surface area contributed by atoms with Crippen molar-refractivity contribution >= 4 is 28.3 Å². The quantitative estimate of drug-likeness (QED) is 0.681. The molecule has 1 heterocycles. The van der Waals surface area contributed by atoms with Crippen LogP contribution in [0.2, 0.25) is 0 Å². The predicted molar refractivity (Wildman–Crippen MR) is 113 cm³/mol. The number of carbonyl (C=O) groups excluding carboxylic acids is 2. The number of ether oxygens (including phenoxy) is 2. The van der Waals surface area contributed by atoms with Crippen LogP contribution >= 0.6 is 11.3 Å². The lowest BCUT2D eigenvalue weighted by molar-refractivity contribution is -0.125. The van der Waals surface area contributed by atoms with E-state index < -0.39 is 0 Å².